The van der Waals surface area contributed by atoms with E-state index in [1.165, 1.54) is 6.07 Å². The first-order valence-electron chi connectivity index (χ1n) is 8.17. The standard InChI is InChI=1S/C14H24N2O6S4.ClH/c1-3-6-16-12-8-10(5-4-7-24(2,17)18)25(19,20)14-11(12)9-13(23-14)26(15,21)22;/h9-10,12,16H,3-8H2,1-2H3,(H2,15,21,22);1H/t10-,12-;/m0./s1. The highest BCUT2D eigenvalue weighted by molar-refractivity contribution is 7.95. The maximum absolute atomic E-state index is 12.9. The van der Waals surface area contributed by atoms with Crippen LogP contribution in [0.25, 0.3) is 0 Å². The Balaban J connectivity index is 0.00000364. The van der Waals surface area contributed by atoms with Gasteiger partial charge in [-0.2, -0.15) is 0 Å². The maximum Gasteiger partial charge on any atom is 0.247 e. The summed E-state index contributed by atoms with van der Waals surface area (Å²) in [6, 6.07) is 1.04. The number of nitrogens with one attached hydrogen (secondary N) is 1. The van der Waals surface area contributed by atoms with Crippen molar-refractivity contribution in [3.8, 4) is 0 Å². The molecule has 0 aliphatic carbocycles. The number of fused-ring (bicyclic) bond motifs is 1. The summed E-state index contributed by atoms with van der Waals surface area (Å²) in [6.07, 6.45) is 2.68. The van der Waals surface area contributed by atoms with Crippen molar-refractivity contribution < 1.29 is 25.3 Å². The van der Waals surface area contributed by atoms with Crippen molar-refractivity contribution in [3.63, 3.8) is 0 Å². The topological polar surface area (TPSA) is 140 Å². The molecule has 158 valence electrons. The van der Waals surface area contributed by atoms with Crippen LogP contribution in [0.15, 0.2) is 14.5 Å². The molecule has 1 aromatic rings. The number of hydrogen-bond donors (Lipinski definition) is 2. The second-order valence-corrected chi connectivity index (χ2v) is 14.1. The van der Waals surface area contributed by atoms with Crippen LogP contribution < -0.4 is 10.5 Å². The van der Waals surface area contributed by atoms with Crippen LogP contribution in [0, 0.1) is 0 Å². The van der Waals surface area contributed by atoms with Gasteiger partial charge in [0.15, 0.2) is 9.84 Å². The van der Waals surface area contributed by atoms with Crippen LogP contribution >= 0.6 is 23.7 Å². The van der Waals surface area contributed by atoms with Gasteiger partial charge in [0.2, 0.25) is 10.0 Å². The van der Waals surface area contributed by atoms with Crippen LogP contribution in [-0.2, 0) is 29.7 Å². The molecule has 2 rings (SSSR count). The van der Waals surface area contributed by atoms with E-state index in [4.69, 9.17) is 5.14 Å². The fourth-order valence-corrected chi connectivity index (χ4v) is 8.44. The molecule has 0 aromatic carbocycles. The van der Waals surface area contributed by atoms with Crippen molar-refractivity contribution in [3.05, 3.63) is 11.6 Å². The minimum atomic E-state index is -4.00. The highest BCUT2D eigenvalue weighted by atomic mass is 35.5. The highest BCUT2D eigenvalue weighted by Gasteiger charge is 2.41. The molecule has 1 aliphatic rings. The Kier molecular flexibility index (Phi) is 8.32. The number of hydrogen-bond acceptors (Lipinski definition) is 8. The summed E-state index contributed by atoms with van der Waals surface area (Å²) in [4.78, 5) is 0. The lowest BCUT2D eigenvalue weighted by atomic mass is 10.0. The van der Waals surface area contributed by atoms with E-state index in [1.807, 2.05) is 6.92 Å². The van der Waals surface area contributed by atoms with Crippen LogP contribution in [0.1, 0.15) is 44.2 Å². The highest BCUT2D eigenvalue weighted by Crippen LogP contribution is 2.43. The number of sulfonamides is 1. The Morgan fingerprint density at radius 3 is 2.44 bits per heavy atom. The normalized spacial score (nSPS) is 22.0. The molecular weight excluding hydrogens is 456 g/mol. The van der Waals surface area contributed by atoms with Gasteiger partial charge in [0, 0.05) is 23.6 Å². The summed E-state index contributed by atoms with van der Waals surface area (Å²) in [5.41, 5.74) is 0.437. The number of halogens is 1. The zero-order valence-electron chi connectivity index (χ0n) is 15.0. The Labute approximate surface area is 171 Å². The Morgan fingerprint density at radius 1 is 1.30 bits per heavy atom. The van der Waals surface area contributed by atoms with Gasteiger partial charge in [0.05, 0.1) is 5.25 Å². The Bertz CT molecular complexity index is 969. The molecule has 8 nitrogen and oxygen atoms in total. The van der Waals surface area contributed by atoms with Gasteiger partial charge in [0.1, 0.15) is 18.3 Å². The Morgan fingerprint density at radius 2 is 1.93 bits per heavy atom. The molecule has 0 unspecified atom stereocenters. The van der Waals surface area contributed by atoms with E-state index >= 15 is 0 Å². The maximum atomic E-state index is 12.9. The van der Waals surface area contributed by atoms with Crippen molar-refractivity contribution >= 4 is 53.4 Å². The summed E-state index contributed by atoms with van der Waals surface area (Å²) in [6.45, 7) is 2.63. The molecule has 0 saturated heterocycles. The van der Waals surface area contributed by atoms with Crippen molar-refractivity contribution in [2.75, 3.05) is 18.6 Å². The SMILES string of the molecule is CCCN[C@H]1C[C@H](CCCS(C)(=O)=O)S(=O)(=O)c2sc(S(N)(=O)=O)cc21.Cl. The van der Waals surface area contributed by atoms with Gasteiger partial charge in [-0.3, -0.25) is 0 Å². The van der Waals surface area contributed by atoms with Crippen LogP contribution in [0.4, 0.5) is 0 Å². The molecule has 2 heterocycles. The second-order valence-electron chi connectivity index (χ2n) is 6.53. The van der Waals surface area contributed by atoms with E-state index in [-0.39, 0.29) is 51.9 Å². The average molecular weight is 481 g/mol. The zero-order valence-corrected chi connectivity index (χ0v) is 19.1. The van der Waals surface area contributed by atoms with Gasteiger partial charge in [-0.15, -0.1) is 23.7 Å². The number of rotatable bonds is 8. The summed E-state index contributed by atoms with van der Waals surface area (Å²) in [5, 5.41) is 7.67. The lowest BCUT2D eigenvalue weighted by molar-refractivity contribution is 0.447. The molecule has 0 bridgehead atoms. The van der Waals surface area contributed by atoms with E-state index in [1.54, 1.807) is 0 Å². The molecule has 0 radical (unpaired) electrons. The molecule has 0 fully saturated rings. The molecule has 1 aromatic heterocycles. The molecular formula is C14H25ClN2O6S4. The van der Waals surface area contributed by atoms with Crippen molar-refractivity contribution in [2.45, 2.75) is 52.3 Å². The fourth-order valence-electron chi connectivity index (χ4n) is 3.00. The largest absolute Gasteiger partial charge is 0.310 e. The van der Waals surface area contributed by atoms with E-state index in [9.17, 15) is 25.3 Å². The third-order valence-corrected chi connectivity index (χ3v) is 10.6. The minimum Gasteiger partial charge on any atom is -0.310 e. The number of nitrogens with two attached hydrogens (primary N) is 1. The fraction of sp³-hybridized carbons (Fsp3) is 0.714. The molecule has 1 aliphatic heterocycles. The average Bonchev–Trinajstić information content (AvgIpc) is 2.94. The van der Waals surface area contributed by atoms with Crippen LogP contribution in [0.3, 0.4) is 0 Å². The van der Waals surface area contributed by atoms with Crippen LogP contribution in [-0.4, -0.2) is 49.1 Å². The lowest BCUT2D eigenvalue weighted by Gasteiger charge is -2.30. The molecule has 0 spiro atoms. The van der Waals surface area contributed by atoms with Gasteiger partial charge in [0.25, 0.3) is 0 Å². The van der Waals surface area contributed by atoms with Crippen molar-refractivity contribution in [1.82, 2.24) is 5.32 Å². The first-order chi connectivity index (χ1) is 11.9. The number of thiophene rings is 1. The zero-order chi connectivity index (χ0) is 19.8. The predicted octanol–water partition coefficient (Wildman–Crippen LogP) is 1.23. The van der Waals surface area contributed by atoms with Gasteiger partial charge in [-0.1, -0.05) is 6.92 Å². The summed E-state index contributed by atoms with van der Waals surface area (Å²) >= 11 is 0.670. The van der Waals surface area contributed by atoms with Gasteiger partial charge in [-0.05, 0) is 38.3 Å². The molecule has 27 heavy (non-hydrogen) atoms. The Hall–Kier alpha value is -0.240. The van der Waals surface area contributed by atoms with E-state index in [2.05, 4.69) is 5.32 Å². The van der Waals surface area contributed by atoms with Gasteiger partial charge in [-0.25, -0.2) is 30.4 Å². The van der Waals surface area contributed by atoms with Gasteiger partial charge >= 0.3 is 0 Å². The van der Waals surface area contributed by atoms with E-state index in [0.29, 0.717) is 23.4 Å². The molecule has 0 amide bonds. The third-order valence-electron chi connectivity index (χ3n) is 4.24. The number of sulfone groups is 2. The monoisotopic (exact) mass is 480 g/mol. The van der Waals surface area contributed by atoms with E-state index < -0.39 is 34.9 Å². The quantitative estimate of drug-likeness (QED) is 0.569. The molecule has 3 N–H and O–H groups in total. The second kappa shape index (κ2) is 9.06. The van der Waals surface area contributed by atoms with Crippen molar-refractivity contribution in [1.29, 1.82) is 0 Å². The van der Waals surface area contributed by atoms with Crippen LogP contribution in [0.5, 0.6) is 0 Å². The lowest BCUT2D eigenvalue weighted by Crippen LogP contribution is -2.35. The first-order valence-corrected chi connectivity index (χ1v) is 14.1. The van der Waals surface area contributed by atoms with Crippen LogP contribution in [0.2, 0.25) is 0 Å². The first kappa shape index (κ1) is 24.8. The van der Waals surface area contributed by atoms with Gasteiger partial charge < -0.3 is 5.32 Å². The smallest absolute Gasteiger partial charge is 0.247 e. The van der Waals surface area contributed by atoms with Crippen molar-refractivity contribution in [2.24, 2.45) is 5.14 Å². The predicted molar refractivity (Wildman–Crippen MR) is 109 cm³/mol. The summed E-state index contributed by atoms with van der Waals surface area (Å²) < 4.78 is 71.6. The minimum absolute atomic E-state index is 0. The summed E-state index contributed by atoms with van der Waals surface area (Å²) in [5.74, 6) is -0.0776. The molecule has 2 atom stereocenters. The number of primary sulfonamides is 1. The molecule has 0 saturated carbocycles. The molecule has 13 heteroatoms. The van der Waals surface area contributed by atoms with E-state index in [0.717, 1.165) is 12.7 Å². The summed E-state index contributed by atoms with van der Waals surface area (Å²) in [7, 11) is -10.9. The third kappa shape index (κ3) is 6.12.